The summed E-state index contributed by atoms with van der Waals surface area (Å²) in [5.74, 6) is 0.450. The smallest absolute Gasteiger partial charge is 0.304 e. The summed E-state index contributed by atoms with van der Waals surface area (Å²) >= 11 is 1.35. The molecular weight excluding hydrogens is 873 g/mol. The number of aliphatic hydroxyl groups excluding tert-OH is 2. The van der Waals surface area contributed by atoms with E-state index in [9.17, 15) is 19.8 Å². The highest BCUT2D eigenvalue weighted by Gasteiger charge is 2.09. The third-order valence-corrected chi connectivity index (χ3v) is 15.3. The average molecular weight is 1000 g/mol. The number of hydrogen-bond acceptors (Lipinski definition) is 5. The SMILES string of the molecule is CCCCCCCCCCCCCCC(CO)CCCCCCCCCCCC.CCCCCCCCCCCCCCC(CO)CCCCCCCCCCCC.O=C(O)CCSCCC(=O)O. The molecule has 0 aliphatic heterocycles. The zero-order chi connectivity index (χ0) is 51.2. The lowest BCUT2D eigenvalue weighted by Crippen LogP contribution is -2.06. The van der Waals surface area contributed by atoms with Crippen molar-refractivity contribution in [2.75, 3.05) is 24.7 Å². The van der Waals surface area contributed by atoms with Gasteiger partial charge in [-0.1, -0.05) is 310 Å². The quantitative estimate of drug-likeness (QED) is 0.0449. The third-order valence-electron chi connectivity index (χ3n) is 14.3. The lowest BCUT2D eigenvalue weighted by molar-refractivity contribution is -0.137. The van der Waals surface area contributed by atoms with E-state index in [-0.39, 0.29) is 12.8 Å². The van der Waals surface area contributed by atoms with Crippen LogP contribution in [-0.2, 0) is 9.59 Å². The van der Waals surface area contributed by atoms with Crippen molar-refractivity contribution in [3.8, 4) is 0 Å². The highest BCUT2D eigenvalue weighted by molar-refractivity contribution is 7.99. The first-order valence-corrected chi connectivity index (χ1v) is 32.2. The third kappa shape index (κ3) is 71.5. The highest BCUT2D eigenvalue weighted by Crippen LogP contribution is 2.22. The molecule has 0 aromatic heterocycles. The lowest BCUT2D eigenvalue weighted by Gasteiger charge is -2.13. The molecule has 0 heterocycles. The predicted molar refractivity (Wildman–Crippen MR) is 307 cm³/mol. The Kier molecular flexibility index (Phi) is 70.6. The zero-order valence-corrected chi connectivity index (χ0v) is 48.2. The molecular formula is C62H126O6S. The molecule has 6 nitrogen and oxygen atoms in total. The summed E-state index contributed by atoms with van der Waals surface area (Å²) in [4.78, 5) is 19.9. The van der Waals surface area contributed by atoms with Crippen LogP contribution in [0.4, 0.5) is 0 Å². The number of carboxylic acids is 2. The van der Waals surface area contributed by atoms with Crippen molar-refractivity contribution in [2.24, 2.45) is 11.8 Å². The van der Waals surface area contributed by atoms with Gasteiger partial charge in [-0.2, -0.15) is 11.8 Å². The molecule has 2 unspecified atom stereocenters. The van der Waals surface area contributed by atoms with E-state index >= 15 is 0 Å². The van der Waals surface area contributed by atoms with E-state index in [1.807, 2.05) is 0 Å². The van der Waals surface area contributed by atoms with Crippen LogP contribution >= 0.6 is 11.8 Å². The molecule has 0 saturated carbocycles. The van der Waals surface area contributed by atoms with Gasteiger partial charge >= 0.3 is 11.9 Å². The number of aliphatic hydroxyl groups is 2. The van der Waals surface area contributed by atoms with Crippen LogP contribution in [0.3, 0.4) is 0 Å². The molecule has 0 radical (unpaired) electrons. The van der Waals surface area contributed by atoms with Gasteiger partial charge in [-0.15, -0.1) is 0 Å². The van der Waals surface area contributed by atoms with Gasteiger partial charge in [-0.25, -0.2) is 0 Å². The molecule has 0 spiro atoms. The Morgan fingerprint density at radius 3 is 0.594 bits per heavy atom. The van der Waals surface area contributed by atoms with Crippen LogP contribution in [0.2, 0.25) is 0 Å². The Labute approximate surface area is 437 Å². The second-order valence-corrected chi connectivity index (χ2v) is 22.5. The number of carbonyl (C=O) groups is 2. The number of unbranched alkanes of at least 4 members (excludes halogenated alkanes) is 40. The summed E-state index contributed by atoms with van der Waals surface area (Å²) in [6, 6.07) is 0. The van der Waals surface area contributed by atoms with Crippen LogP contribution in [0.25, 0.3) is 0 Å². The van der Waals surface area contributed by atoms with Gasteiger partial charge in [-0.05, 0) is 37.5 Å². The maximum absolute atomic E-state index is 9.97. The fraction of sp³-hybridized carbons (Fsp3) is 0.968. The number of carboxylic acid groups (broad SMARTS) is 2. The molecule has 0 rings (SSSR count). The Hall–Kier alpha value is -0.790. The van der Waals surface area contributed by atoms with Crippen LogP contribution in [0.1, 0.15) is 349 Å². The molecule has 0 aliphatic rings. The summed E-state index contributed by atoms with van der Waals surface area (Å²) in [5, 5.41) is 35.7. The Morgan fingerprint density at radius 2 is 0.449 bits per heavy atom. The van der Waals surface area contributed by atoms with Crippen LogP contribution < -0.4 is 0 Å². The van der Waals surface area contributed by atoms with E-state index in [1.165, 1.54) is 320 Å². The van der Waals surface area contributed by atoms with Gasteiger partial charge in [0, 0.05) is 24.7 Å². The van der Waals surface area contributed by atoms with E-state index in [2.05, 4.69) is 27.7 Å². The molecule has 0 fully saturated rings. The molecule has 7 heteroatoms. The molecule has 4 N–H and O–H groups in total. The molecule has 69 heavy (non-hydrogen) atoms. The number of aliphatic carboxylic acids is 2. The van der Waals surface area contributed by atoms with E-state index in [0.29, 0.717) is 36.6 Å². The summed E-state index contributed by atoms with van der Waals surface area (Å²) < 4.78 is 0. The van der Waals surface area contributed by atoms with Gasteiger partial charge in [0.2, 0.25) is 0 Å². The first-order valence-electron chi connectivity index (χ1n) is 31.1. The fourth-order valence-corrected chi connectivity index (χ4v) is 10.3. The molecule has 0 bridgehead atoms. The normalized spacial score (nSPS) is 12.0. The van der Waals surface area contributed by atoms with Crippen molar-refractivity contribution in [1.82, 2.24) is 0 Å². The fourth-order valence-electron chi connectivity index (χ4n) is 9.46. The number of hydrogen-bond donors (Lipinski definition) is 4. The van der Waals surface area contributed by atoms with E-state index in [4.69, 9.17) is 10.2 Å². The summed E-state index contributed by atoms with van der Waals surface area (Å²) in [6.45, 7) is 9.99. The predicted octanol–water partition coefficient (Wildman–Crippen LogP) is 20.7. The Balaban J connectivity index is -0.00000104. The number of rotatable bonds is 56. The average Bonchev–Trinajstić information content (AvgIpc) is 3.34. The molecule has 0 aromatic rings. The van der Waals surface area contributed by atoms with Crippen molar-refractivity contribution >= 4 is 23.7 Å². The van der Waals surface area contributed by atoms with Gasteiger partial charge in [0.15, 0.2) is 0 Å². The number of thioether (sulfide) groups is 1. The van der Waals surface area contributed by atoms with E-state index in [0.717, 1.165) is 0 Å². The second-order valence-electron chi connectivity index (χ2n) is 21.3. The topological polar surface area (TPSA) is 115 Å². The minimum Gasteiger partial charge on any atom is -0.481 e. The molecule has 2 atom stereocenters. The van der Waals surface area contributed by atoms with Gasteiger partial charge in [-0.3, -0.25) is 9.59 Å². The van der Waals surface area contributed by atoms with Crippen molar-refractivity contribution < 1.29 is 30.0 Å². The standard InChI is InChI=1S/2C28H58O.C6H10O4S/c2*1-3-5-7-9-11-13-15-16-18-20-22-24-26-28(27-29)25-23-21-19-17-14-12-10-8-6-4-2;7-5(8)1-3-11-4-2-6(9)10/h2*28-29H,3-27H2,1-2H3;1-4H2,(H,7,8)(H,9,10). The van der Waals surface area contributed by atoms with E-state index < -0.39 is 11.9 Å². The Bertz CT molecular complexity index is 861. The van der Waals surface area contributed by atoms with Crippen LogP contribution in [0.15, 0.2) is 0 Å². The van der Waals surface area contributed by atoms with Crippen molar-refractivity contribution in [1.29, 1.82) is 0 Å². The summed E-state index contributed by atoms with van der Waals surface area (Å²) in [7, 11) is 0. The second kappa shape index (κ2) is 67.2. The van der Waals surface area contributed by atoms with Gasteiger partial charge in [0.25, 0.3) is 0 Å². The lowest BCUT2D eigenvalue weighted by atomic mass is 9.94. The summed E-state index contributed by atoms with van der Waals surface area (Å²) in [5.41, 5.74) is 0. The maximum Gasteiger partial charge on any atom is 0.304 e. The highest BCUT2D eigenvalue weighted by atomic mass is 32.2. The van der Waals surface area contributed by atoms with Crippen LogP contribution in [-0.4, -0.2) is 57.1 Å². The van der Waals surface area contributed by atoms with Crippen LogP contribution in [0.5, 0.6) is 0 Å². The van der Waals surface area contributed by atoms with E-state index in [1.54, 1.807) is 0 Å². The van der Waals surface area contributed by atoms with Crippen molar-refractivity contribution in [2.45, 2.75) is 349 Å². The molecule has 0 aromatic carbocycles. The minimum absolute atomic E-state index is 0.101. The molecule has 0 saturated heterocycles. The summed E-state index contributed by atoms with van der Waals surface area (Å²) in [6.07, 6.45) is 67.4. The van der Waals surface area contributed by atoms with Gasteiger partial charge in [0.05, 0.1) is 12.8 Å². The van der Waals surface area contributed by atoms with Gasteiger partial charge < -0.3 is 20.4 Å². The first kappa shape index (κ1) is 72.5. The van der Waals surface area contributed by atoms with Crippen molar-refractivity contribution in [3.63, 3.8) is 0 Å². The minimum atomic E-state index is -0.840. The molecule has 0 amide bonds. The monoisotopic (exact) mass is 999 g/mol. The maximum atomic E-state index is 9.97. The van der Waals surface area contributed by atoms with Crippen molar-refractivity contribution in [3.05, 3.63) is 0 Å². The Morgan fingerprint density at radius 1 is 0.290 bits per heavy atom. The molecule has 0 aliphatic carbocycles. The van der Waals surface area contributed by atoms with Gasteiger partial charge in [0.1, 0.15) is 0 Å². The largest absolute Gasteiger partial charge is 0.481 e. The zero-order valence-electron chi connectivity index (χ0n) is 47.4. The van der Waals surface area contributed by atoms with Crippen LogP contribution in [0, 0.1) is 11.8 Å². The first-order chi connectivity index (χ1) is 33.8. The molecule has 416 valence electrons.